The third-order valence-corrected chi connectivity index (χ3v) is 5.17. The second-order valence-corrected chi connectivity index (χ2v) is 5.61. The van der Waals surface area contributed by atoms with Crippen LogP contribution in [0.5, 0.6) is 0 Å². The smallest absolute Gasteiger partial charge is 0.319 e. The Bertz CT molecular complexity index is 426. The average Bonchev–Trinajstić information content (AvgIpc) is 2.35. The molecule has 0 saturated carbocycles. The van der Waals surface area contributed by atoms with Gasteiger partial charge in [0.25, 0.3) is 5.91 Å². The molecular formula is C10H14N2O5S. The average molecular weight is 274 g/mol. The van der Waals surface area contributed by atoms with Crippen LogP contribution < -0.4 is 5.73 Å². The van der Waals surface area contributed by atoms with E-state index in [1.807, 2.05) is 0 Å². The molecule has 0 aromatic heterocycles. The third-order valence-electron chi connectivity index (χ3n) is 3.59. The molecule has 3 atom stereocenters. The van der Waals surface area contributed by atoms with Gasteiger partial charge in [0.15, 0.2) is 5.41 Å². The van der Waals surface area contributed by atoms with E-state index in [2.05, 4.69) is 0 Å². The topological polar surface area (TPSA) is 110 Å². The molecule has 0 aliphatic carbocycles. The van der Waals surface area contributed by atoms with Crippen LogP contribution in [-0.2, 0) is 19.1 Å². The van der Waals surface area contributed by atoms with Crippen molar-refractivity contribution in [3.8, 4) is 0 Å². The molecular weight excluding hydrogens is 260 g/mol. The third kappa shape index (κ3) is 1.42. The van der Waals surface area contributed by atoms with E-state index in [0.29, 0.717) is 0 Å². The number of thioether (sulfide) groups is 1. The number of Topliss-reactive ketones (excluding diaryl/α,β-unsaturated/α-hetero) is 1. The van der Waals surface area contributed by atoms with Crippen molar-refractivity contribution in [2.45, 2.75) is 18.0 Å². The number of ketones is 1. The van der Waals surface area contributed by atoms with Gasteiger partial charge in [-0.25, -0.2) is 0 Å². The Morgan fingerprint density at radius 1 is 1.61 bits per heavy atom. The van der Waals surface area contributed by atoms with Crippen LogP contribution in [0.25, 0.3) is 0 Å². The van der Waals surface area contributed by atoms with Crippen molar-refractivity contribution >= 4 is 29.4 Å². The van der Waals surface area contributed by atoms with Gasteiger partial charge in [0.05, 0.1) is 0 Å². The minimum absolute atomic E-state index is 0.0917. The van der Waals surface area contributed by atoms with Crippen LogP contribution in [0, 0.1) is 5.41 Å². The summed E-state index contributed by atoms with van der Waals surface area (Å²) in [6.07, 6.45) is 0. The molecule has 18 heavy (non-hydrogen) atoms. The predicted molar refractivity (Wildman–Crippen MR) is 62.6 cm³/mol. The Hall–Kier alpha value is -1.12. The van der Waals surface area contributed by atoms with Gasteiger partial charge in [0, 0.05) is 19.4 Å². The number of carbonyl (C=O) groups excluding carboxylic acids is 2. The summed E-state index contributed by atoms with van der Waals surface area (Å²) in [5.41, 5.74) is 2.84. The molecule has 0 spiro atoms. The maximum atomic E-state index is 11.8. The van der Waals surface area contributed by atoms with Gasteiger partial charge in [-0.05, 0) is 6.92 Å². The van der Waals surface area contributed by atoms with Crippen LogP contribution in [-0.4, -0.2) is 58.2 Å². The number of nitrogens with two attached hydrogens (primary N) is 1. The number of hydrogen-bond donors (Lipinski definition) is 2. The van der Waals surface area contributed by atoms with E-state index in [1.165, 1.54) is 30.7 Å². The molecule has 2 unspecified atom stereocenters. The van der Waals surface area contributed by atoms with Gasteiger partial charge in [0.1, 0.15) is 11.2 Å². The maximum Gasteiger partial charge on any atom is 0.319 e. The fourth-order valence-corrected chi connectivity index (χ4v) is 3.86. The van der Waals surface area contributed by atoms with Gasteiger partial charge in [-0.1, -0.05) is 0 Å². The highest BCUT2D eigenvalue weighted by Gasteiger charge is 2.65. The number of carbonyl (C=O) groups is 3. The van der Waals surface area contributed by atoms with Gasteiger partial charge in [-0.2, -0.15) is 0 Å². The summed E-state index contributed by atoms with van der Waals surface area (Å²) in [6, 6.07) is 0. The van der Waals surface area contributed by atoms with E-state index in [0.717, 1.165) is 0 Å². The van der Waals surface area contributed by atoms with Gasteiger partial charge in [-0.15, -0.1) is 11.8 Å². The molecule has 7 nitrogen and oxygen atoms in total. The highest BCUT2D eigenvalue weighted by Crippen LogP contribution is 2.46. The molecule has 3 N–H and O–H groups in total. The summed E-state index contributed by atoms with van der Waals surface area (Å²) >= 11 is 1.17. The van der Waals surface area contributed by atoms with E-state index in [-0.39, 0.29) is 12.3 Å². The number of rotatable bonds is 3. The second kappa shape index (κ2) is 3.94. The van der Waals surface area contributed by atoms with E-state index in [9.17, 15) is 19.5 Å². The Balaban J connectivity index is 2.26. The molecule has 0 bridgehead atoms. The number of hydrogen-bond acceptors (Lipinski definition) is 6. The molecule has 0 aromatic rings. The Morgan fingerprint density at radius 3 is 2.67 bits per heavy atom. The summed E-state index contributed by atoms with van der Waals surface area (Å²) in [4.78, 5) is 36.0. The van der Waals surface area contributed by atoms with Gasteiger partial charge < -0.3 is 14.7 Å². The summed E-state index contributed by atoms with van der Waals surface area (Å²) in [7, 11) is 1.33. The zero-order chi connectivity index (χ0) is 13.7. The normalized spacial score (nSPS) is 38.9. The Labute approximate surface area is 108 Å². The lowest BCUT2D eigenvalue weighted by molar-refractivity contribution is -0.191. The van der Waals surface area contributed by atoms with Crippen molar-refractivity contribution in [3.05, 3.63) is 0 Å². The van der Waals surface area contributed by atoms with Crippen molar-refractivity contribution in [2.24, 2.45) is 11.1 Å². The molecule has 8 heteroatoms. The number of β-lactam (4-membered cyclic amide) rings is 1. The molecule has 2 aliphatic heterocycles. The summed E-state index contributed by atoms with van der Waals surface area (Å²) in [6.45, 7) is 1.09. The highest BCUT2D eigenvalue weighted by molar-refractivity contribution is 8.00. The minimum Gasteiger partial charge on any atom is -0.480 e. The predicted octanol–water partition coefficient (Wildman–Crippen LogP) is -1.14. The summed E-state index contributed by atoms with van der Waals surface area (Å²) in [5, 5.41) is 8.80. The highest BCUT2D eigenvalue weighted by atomic mass is 32.2. The molecule has 2 heterocycles. The van der Waals surface area contributed by atoms with E-state index in [1.54, 1.807) is 0 Å². The first-order chi connectivity index (χ1) is 8.29. The monoisotopic (exact) mass is 274 g/mol. The fourth-order valence-electron chi connectivity index (χ4n) is 2.21. The zero-order valence-corrected chi connectivity index (χ0v) is 10.8. The van der Waals surface area contributed by atoms with Crippen molar-refractivity contribution in [1.82, 2.24) is 4.90 Å². The molecule has 100 valence electrons. The summed E-state index contributed by atoms with van der Waals surface area (Å²) in [5.74, 6) is -2.05. The lowest BCUT2D eigenvalue weighted by Gasteiger charge is -2.57. The van der Waals surface area contributed by atoms with Crippen LogP contribution in [0.3, 0.4) is 0 Å². The zero-order valence-electron chi connectivity index (χ0n) is 10.0. The quantitative estimate of drug-likeness (QED) is 0.380. The van der Waals surface area contributed by atoms with Crippen molar-refractivity contribution < 1.29 is 24.2 Å². The minimum atomic E-state index is -1.54. The van der Waals surface area contributed by atoms with Gasteiger partial charge in [0.2, 0.25) is 5.72 Å². The van der Waals surface area contributed by atoms with Crippen LogP contribution in [0.2, 0.25) is 0 Å². The number of ether oxygens (including phenoxy) is 1. The first kappa shape index (κ1) is 13.3. The maximum absolute atomic E-state index is 11.8. The molecule has 2 aliphatic rings. The number of fused-ring (bicyclic) bond motifs is 1. The second-order valence-electron chi connectivity index (χ2n) is 4.54. The fraction of sp³-hybridized carbons (Fsp3) is 0.700. The molecule has 2 rings (SSSR count). The molecule has 2 fully saturated rings. The van der Waals surface area contributed by atoms with E-state index >= 15 is 0 Å². The lowest BCUT2D eigenvalue weighted by Crippen LogP contribution is -2.81. The SMILES string of the molecule is COC1(N)C(=O)N2CC(C(C)=O)(C(=O)O)CS[C@@H]21. The number of methoxy groups -OCH3 is 1. The van der Waals surface area contributed by atoms with Crippen molar-refractivity contribution in [2.75, 3.05) is 19.4 Å². The van der Waals surface area contributed by atoms with Crippen molar-refractivity contribution in [3.63, 3.8) is 0 Å². The Morgan fingerprint density at radius 2 is 2.22 bits per heavy atom. The van der Waals surface area contributed by atoms with E-state index < -0.39 is 34.2 Å². The lowest BCUT2D eigenvalue weighted by atomic mass is 9.83. The number of aliphatic carboxylic acids is 1. The van der Waals surface area contributed by atoms with Crippen LogP contribution in [0.1, 0.15) is 6.92 Å². The number of nitrogens with zero attached hydrogens (tertiary/aromatic N) is 1. The number of carboxylic acid groups (broad SMARTS) is 1. The van der Waals surface area contributed by atoms with Crippen LogP contribution in [0.4, 0.5) is 0 Å². The standard InChI is InChI=1S/C10H14N2O5S/c1-5(13)9(8(15)16)3-12-6(14)10(11,17-2)7(12)18-4-9/h7H,3-4,11H2,1-2H3,(H,15,16)/t7-,9?,10?/m1/s1. The van der Waals surface area contributed by atoms with Crippen LogP contribution in [0.15, 0.2) is 0 Å². The number of amides is 1. The van der Waals surface area contributed by atoms with Crippen molar-refractivity contribution in [1.29, 1.82) is 0 Å². The van der Waals surface area contributed by atoms with Gasteiger partial charge in [-0.3, -0.25) is 20.1 Å². The largest absolute Gasteiger partial charge is 0.480 e. The first-order valence-corrected chi connectivity index (χ1v) is 6.35. The van der Waals surface area contributed by atoms with Gasteiger partial charge >= 0.3 is 5.97 Å². The Kier molecular flexibility index (Phi) is 2.91. The van der Waals surface area contributed by atoms with E-state index in [4.69, 9.17) is 10.5 Å². The summed E-state index contributed by atoms with van der Waals surface area (Å²) < 4.78 is 4.98. The molecule has 2 saturated heterocycles. The first-order valence-electron chi connectivity index (χ1n) is 5.31. The molecule has 0 aromatic carbocycles. The molecule has 1 amide bonds. The van der Waals surface area contributed by atoms with Crippen LogP contribution >= 0.6 is 11.8 Å². The molecule has 0 radical (unpaired) electrons. The number of carboxylic acids is 1.